The first-order valence-electron chi connectivity index (χ1n) is 9.64. The quantitative estimate of drug-likeness (QED) is 0.790. The topological polar surface area (TPSA) is 45.7 Å². The number of amides is 1. The van der Waals surface area contributed by atoms with E-state index in [-0.39, 0.29) is 12.1 Å². The Balaban J connectivity index is 1.72. The van der Waals surface area contributed by atoms with Gasteiger partial charge in [-0.05, 0) is 70.9 Å². The lowest BCUT2D eigenvalue weighted by atomic mass is 9.97. The average Bonchev–Trinajstić information content (AvgIpc) is 2.61. The zero-order valence-corrected chi connectivity index (χ0v) is 15.8. The Bertz CT molecular complexity index is 574. The monoisotopic (exact) mass is 345 g/mol. The molecule has 0 radical (unpaired) electrons. The molecule has 1 amide bonds. The number of rotatable bonds is 2. The number of carbonyl (C=O) groups excluding carboxylic acids is 1. The van der Waals surface area contributed by atoms with E-state index in [1.54, 1.807) is 0 Å². The van der Waals surface area contributed by atoms with Crippen molar-refractivity contribution in [3.63, 3.8) is 0 Å². The van der Waals surface area contributed by atoms with Crippen LogP contribution in [0.5, 0.6) is 0 Å². The minimum absolute atomic E-state index is 0.0755. The Kier molecular flexibility index (Phi) is 5.50. The molecule has 0 aliphatic carbocycles. The zero-order chi connectivity index (χ0) is 17.9. The van der Waals surface area contributed by atoms with Crippen LogP contribution in [0.4, 0.5) is 10.6 Å². The fourth-order valence-corrected chi connectivity index (χ4v) is 3.72. The Morgan fingerprint density at radius 1 is 1.08 bits per heavy atom. The molecule has 0 unspecified atom stereocenters. The summed E-state index contributed by atoms with van der Waals surface area (Å²) in [5, 5.41) is 0. The molecule has 2 aliphatic heterocycles. The van der Waals surface area contributed by atoms with E-state index in [0.717, 1.165) is 50.3 Å². The van der Waals surface area contributed by atoms with Crippen molar-refractivity contribution < 1.29 is 9.53 Å². The van der Waals surface area contributed by atoms with Gasteiger partial charge in [0, 0.05) is 25.8 Å². The Hall–Kier alpha value is -1.78. The second-order valence-electron chi connectivity index (χ2n) is 8.18. The average molecular weight is 345 g/mol. The van der Waals surface area contributed by atoms with Crippen LogP contribution in [0, 0.1) is 0 Å². The molecule has 1 atom stereocenters. The van der Waals surface area contributed by atoms with Crippen LogP contribution < -0.4 is 4.90 Å². The molecule has 2 fully saturated rings. The molecule has 1 aromatic heterocycles. The minimum Gasteiger partial charge on any atom is -0.444 e. The van der Waals surface area contributed by atoms with Gasteiger partial charge in [0.1, 0.15) is 11.4 Å². The largest absolute Gasteiger partial charge is 0.444 e. The van der Waals surface area contributed by atoms with Crippen LogP contribution in [0.2, 0.25) is 0 Å². The summed E-state index contributed by atoms with van der Waals surface area (Å²) in [5.74, 6) is 1.06. The predicted molar refractivity (Wildman–Crippen MR) is 99.8 cm³/mol. The van der Waals surface area contributed by atoms with Gasteiger partial charge in [0.05, 0.1) is 6.04 Å². The van der Waals surface area contributed by atoms with Crippen molar-refractivity contribution in [2.45, 2.75) is 70.9 Å². The maximum atomic E-state index is 12.6. The van der Waals surface area contributed by atoms with E-state index in [0.29, 0.717) is 0 Å². The van der Waals surface area contributed by atoms with Crippen molar-refractivity contribution >= 4 is 11.9 Å². The van der Waals surface area contributed by atoms with Crippen LogP contribution in [0.15, 0.2) is 18.3 Å². The van der Waals surface area contributed by atoms with Crippen molar-refractivity contribution in [2.24, 2.45) is 0 Å². The Morgan fingerprint density at radius 2 is 1.80 bits per heavy atom. The summed E-state index contributed by atoms with van der Waals surface area (Å²) in [6.45, 7) is 8.70. The first kappa shape index (κ1) is 18.0. The first-order valence-corrected chi connectivity index (χ1v) is 9.64. The van der Waals surface area contributed by atoms with Gasteiger partial charge in [-0.25, -0.2) is 9.78 Å². The Morgan fingerprint density at radius 3 is 2.44 bits per heavy atom. The molecule has 3 heterocycles. The van der Waals surface area contributed by atoms with Crippen LogP contribution in [0.1, 0.15) is 70.9 Å². The molecule has 138 valence electrons. The van der Waals surface area contributed by atoms with Crippen LogP contribution in [0.3, 0.4) is 0 Å². The van der Waals surface area contributed by atoms with Gasteiger partial charge in [0.25, 0.3) is 0 Å². The molecule has 3 rings (SSSR count). The number of likely N-dealkylation sites (tertiary alicyclic amines) is 1. The molecule has 2 saturated heterocycles. The third kappa shape index (κ3) is 4.65. The molecule has 0 N–H and O–H groups in total. The molecule has 1 aromatic rings. The fourth-order valence-electron chi connectivity index (χ4n) is 3.72. The molecule has 0 spiro atoms. The number of hydrogen-bond acceptors (Lipinski definition) is 4. The number of anilines is 1. The highest BCUT2D eigenvalue weighted by atomic mass is 16.6. The maximum Gasteiger partial charge on any atom is 0.410 e. The molecule has 5 heteroatoms. The van der Waals surface area contributed by atoms with Gasteiger partial charge in [-0.15, -0.1) is 0 Å². The van der Waals surface area contributed by atoms with Crippen LogP contribution in [-0.2, 0) is 4.74 Å². The molecule has 2 aliphatic rings. The summed E-state index contributed by atoms with van der Waals surface area (Å²) in [7, 11) is 0. The van der Waals surface area contributed by atoms with Crippen molar-refractivity contribution in [2.75, 3.05) is 24.5 Å². The molecule has 0 bridgehead atoms. The summed E-state index contributed by atoms with van der Waals surface area (Å²) in [6, 6.07) is 4.33. The standard InChI is InChI=1S/C20H31N3O2/c1-20(2,3)25-19(24)23-14-8-5-9-17(23)16-10-11-18(21-15-16)22-12-6-4-7-13-22/h10-11,15,17H,4-9,12-14H2,1-3H3/t17-/m1/s1. The number of nitrogens with zero attached hydrogens (tertiary/aromatic N) is 3. The Labute approximate surface area is 151 Å². The lowest BCUT2D eigenvalue weighted by Gasteiger charge is -2.37. The summed E-state index contributed by atoms with van der Waals surface area (Å²) >= 11 is 0. The normalized spacial score (nSPS) is 22.0. The molecule has 0 aromatic carbocycles. The number of carbonyl (C=O) groups is 1. The van der Waals surface area contributed by atoms with Crippen molar-refractivity contribution in [3.05, 3.63) is 23.9 Å². The highest BCUT2D eigenvalue weighted by Gasteiger charge is 2.31. The lowest BCUT2D eigenvalue weighted by molar-refractivity contribution is 0.00948. The second kappa shape index (κ2) is 7.63. The van der Waals surface area contributed by atoms with E-state index in [9.17, 15) is 4.79 Å². The molecule has 5 nitrogen and oxygen atoms in total. The fraction of sp³-hybridized carbons (Fsp3) is 0.700. The van der Waals surface area contributed by atoms with E-state index in [1.807, 2.05) is 31.9 Å². The highest BCUT2D eigenvalue weighted by Crippen LogP contribution is 2.32. The minimum atomic E-state index is -0.463. The van der Waals surface area contributed by atoms with E-state index < -0.39 is 5.60 Å². The number of aromatic nitrogens is 1. The highest BCUT2D eigenvalue weighted by molar-refractivity contribution is 5.69. The van der Waals surface area contributed by atoms with E-state index in [4.69, 9.17) is 9.72 Å². The summed E-state index contributed by atoms with van der Waals surface area (Å²) < 4.78 is 5.61. The van der Waals surface area contributed by atoms with E-state index in [2.05, 4.69) is 17.0 Å². The SMILES string of the molecule is CC(C)(C)OC(=O)N1CCCC[C@@H]1c1ccc(N2CCCCC2)nc1. The molecule has 25 heavy (non-hydrogen) atoms. The number of hydrogen-bond donors (Lipinski definition) is 0. The lowest BCUT2D eigenvalue weighted by Crippen LogP contribution is -2.41. The predicted octanol–water partition coefficient (Wildman–Crippen LogP) is 4.53. The summed E-state index contributed by atoms with van der Waals surface area (Å²) in [5.41, 5.74) is 0.654. The van der Waals surface area contributed by atoms with Crippen molar-refractivity contribution in [3.8, 4) is 0 Å². The summed E-state index contributed by atoms with van der Waals surface area (Å²) in [4.78, 5) is 21.5. The van der Waals surface area contributed by atoms with Crippen LogP contribution >= 0.6 is 0 Å². The van der Waals surface area contributed by atoms with Crippen molar-refractivity contribution in [1.29, 1.82) is 0 Å². The number of pyridine rings is 1. The van der Waals surface area contributed by atoms with Gasteiger partial charge in [0.15, 0.2) is 0 Å². The zero-order valence-electron chi connectivity index (χ0n) is 15.8. The maximum absolute atomic E-state index is 12.6. The van der Waals surface area contributed by atoms with Gasteiger partial charge in [-0.3, -0.25) is 0 Å². The van der Waals surface area contributed by atoms with Gasteiger partial charge in [-0.1, -0.05) is 6.07 Å². The van der Waals surface area contributed by atoms with Crippen LogP contribution in [0.25, 0.3) is 0 Å². The third-order valence-corrected chi connectivity index (χ3v) is 4.97. The van der Waals surface area contributed by atoms with Crippen LogP contribution in [-0.4, -0.2) is 41.2 Å². The second-order valence-corrected chi connectivity index (χ2v) is 8.18. The van der Waals surface area contributed by atoms with Crippen molar-refractivity contribution in [1.82, 2.24) is 9.88 Å². The third-order valence-electron chi connectivity index (χ3n) is 4.97. The summed E-state index contributed by atoms with van der Waals surface area (Å²) in [6.07, 6.45) is 8.71. The molecular weight excluding hydrogens is 314 g/mol. The first-order chi connectivity index (χ1) is 11.9. The van der Waals surface area contributed by atoms with Gasteiger partial charge >= 0.3 is 6.09 Å². The van der Waals surface area contributed by atoms with Gasteiger partial charge < -0.3 is 14.5 Å². The molecule has 0 saturated carbocycles. The smallest absolute Gasteiger partial charge is 0.410 e. The van der Waals surface area contributed by atoms with E-state index >= 15 is 0 Å². The molecular formula is C20H31N3O2. The number of ether oxygens (including phenoxy) is 1. The van der Waals surface area contributed by atoms with Gasteiger partial charge in [-0.2, -0.15) is 0 Å². The van der Waals surface area contributed by atoms with Gasteiger partial charge in [0.2, 0.25) is 0 Å². The van der Waals surface area contributed by atoms with E-state index in [1.165, 1.54) is 19.3 Å². The number of piperidine rings is 2.